The maximum atomic E-state index is 13.1. The summed E-state index contributed by atoms with van der Waals surface area (Å²) in [5.74, 6) is 0.355. The van der Waals surface area contributed by atoms with Gasteiger partial charge in [0.05, 0.1) is 17.9 Å². The summed E-state index contributed by atoms with van der Waals surface area (Å²) in [6, 6.07) is 19.7. The fourth-order valence-electron chi connectivity index (χ4n) is 2.35. The molecule has 0 aliphatic carbocycles. The highest BCUT2D eigenvalue weighted by Gasteiger charge is 2.08. The molecule has 3 aromatic carbocycles. The minimum absolute atomic E-state index is 0.332. The van der Waals surface area contributed by atoms with Crippen molar-refractivity contribution in [3.05, 3.63) is 89.7 Å². The molecule has 0 saturated heterocycles. The van der Waals surface area contributed by atoms with Crippen LogP contribution in [0.25, 0.3) is 0 Å². The number of halogens is 1. The average Bonchev–Trinajstić information content (AvgIpc) is 2.68. The maximum Gasteiger partial charge on any atom is 0.343 e. The second-order valence-electron chi connectivity index (χ2n) is 5.65. The maximum absolute atomic E-state index is 13.1. The average molecular weight is 363 g/mol. The number of ether oxygens (including phenoxy) is 2. The van der Waals surface area contributed by atoms with Crippen LogP contribution in [0, 0.1) is 5.82 Å². The minimum atomic E-state index is -0.445. The number of hydrogen-bond acceptors (Lipinski definition) is 4. The molecule has 5 heteroatoms. The largest absolute Gasteiger partial charge is 0.494 e. The molecule has 0 aliphatic heterocycles. The number of rotatable bonds is 6. The molecule has 0 atom stereocenters. The molecule has 0 radical (unpaired) electrons. The first-order chi connectivity index (χ1) is 13.1. The molecule has 0 fully saturated rings. The molecule has 0 spiro atoms. The van der Waals surface area contributed by atoms with Gasteiger partial charge in [0.25, 0.3) is 0 Å². The minimum Gasteiger partial charge on any atom is -0.494 e. The van der Waals surface area contributed by atoms with Crippen LogP contribution in [0.4, 0.5) is 10.1 Å². The van der Waals surface area contributed by atoms with Crippen LogP contribution in [0.15, 0.2) is 77.8 Å². The number of benzene rings is 3. The second kappa shape index (κ2) is 8.76. The molecule has 0 saturated carbocycles. The zero-order valence-electron chi connectivity index (χ0n) is 14.8. The van der Waals surface area contributed by atoms with Crippen molar-refractivity contribution in [3.63, 3.8) is 0 Å². The van der Waals surface area contributed by atoms with Gasteiger partial charge in [0, 0.05) is 6.21 Å². The molecule has 0 amide bonds. The number of nitrogens with zero attached hydrogens (tertiary/aromatic N) is 1. The summed E-state index contributed by atoms with van der Waals surface area (Å²) in [6.07, 6.45) is 1.62. The van der Waals surface area contributed by atoms with E-state index in [2.05, 4.69) is 4.99 Å². The van der Waals surface area contributed by atoms with E-state index in [-0.39, 0.29) is 5.82 Å². The van der Waals surface area contributed by atoms with Crippen molar-refractivity contribution < 1.29 is 18.7 Å². The summed E-state index contributed by atoms with van der Waals surface area (Å²) in [5, 5.41) is 0. The zero-order chi connectivity index (χ0) is 19.1. The van der Waals surface area contributed by atoms with Gasteiger partial charge in [0.15, 0.2) is 0 Å². The van der Waals surface area contributed by atoms with Gasteiger partial charge in [0.1, 0.15) is 17.3 Å². The lowest BCUT2D eigenvalue weighted by Gasteiger charge is -2.06. The predicted molar refractivity (Wildman–Crippen MR) is 103 cm³/mol. The monoisotopic (exact) mass is 363 g/mol. The Morgan fingerprint density at radius 3 is 2.37 bits per heavy atom. The molecule has 136 valence electrons. The van der Waals surface area contributed by atoms with Gasteiger partial charge in [-0.1, -0.05) is 6.07 Å². The van der Waals surface area contributed by atoms with Gasteiger partial charge in [0.2, 0.25) is 0 Å². The highest BCUT2D eigenvalue weighted by molar-refractivity contribution is 5.91. The van der Waals surface area contributed by atoms with Gasteiger partial charge < -0.3 is 9.47 Å². The zero-order valence-corrected chi connectivity index (χ0v) is 14.8. The SMILES string of the molecule is CCOc1ccc(C(=O)Oc2ccc(C=Nc3cccc(F)c3)cc2)cc1. The van der Waals surface area contributed by atoms with Crippen molar-refractivity contribution in [2.45, 2.75) is 6.92 Å². The standard InChI is InChI=1S/C22H18FNO3/c1-2-26-20-12-8-17(9-13-20)22(25)27-21-10-6-16(7-11-21)15-24-19-5-3-4-18(23)14-19/h3-15H,2H2,1H3. The lowest BCUT2D eigenvalue weighted by molar-refractivity contribution is 0.0734. The van der Waals surface area contributed by atoms with Crippen LogP contribution in [0.5, 0.6) is 11.5 Å². The Morgan fingerprint density at radius 1 is 1.00 bits per heavy atom. The van der Waals surface area contributed by atoms with Crippen molar-refractivity contribution in [2.24, 2.45) is 4.99 Å². The molecule has 0 unspecified atom stereocenters. The van der Waals surface area contributed by atoms with E-state index in [1.165, 1.54) is 12.1 Å². The number of hydrogen-bond donors (Lipinski definition) is 0. The Morgan fingerprint density at radius 2 is 1.70 bits per heavy atom. The van der Waals surface area contributed by atoms with E-state index < -0.39 is 5.97 Å². The first-order valence-electron chi connectivity index (χ1n) is 8.49. The summed E-state index contributed by atoms with van der Waals surface area (Å²) in [7, 11) is 0. The summed E-state index contributed by atoms with van der Waals surface area (Å²) in [5.41, 5.74) is 1.77. The van der Waals surface area contributed by atoms with Crippen molar-refractivity contribution in [2.75, 3.05) is 6.61 Å². The van der Waals surface area contributed by atoms with E-state index in [1.807, 2.05) is 6.92 Å². The molecule has 0 aromatic heterocycles. The fourth-order valence-corrected chi connectivity index (χ4v) is 2.35. The van der Waals surface area contributed by atoms with Crippen LogP contribution in [-0.4, -0.2) is 18.8 Å². The van der Waals surface area contributed by atoms with Gasteiger partial charge in [-0.3, -0.25) is 4.99 Å². The van der Waals surface area contributed by atoms with E-state index in [4.69, 9.17) is 9.47 Å². The molecule has 0 heterocycles. The number of carbonyl (C=O) groups is 1. The summed E-state index contributed by atoms with van der Waals surface area (Å²) >= 11 is 0. The van der Waals surface area contributed by atoms with Crippen LogP contribution in [0.1, 0.15) is 22.8 Å². The van der Waals surface area contributed by atoms with Crippen LogP contribution in [0.3, 0.4) is 0 Å². The fraction of sp³-hybridized carbons (Fsp3) is 0.0909. The second-order valence-corrected chi connectivity index (χ2v) is 5.65. The highest BCUT2D eigenvalue weighted by Crippen LogP contribution is 2.17. The van der Waals surface area contributed by atoms with Crippen molar-refractivity contribution in [1.29, 1.82) is 0 Å². The Labute approximate surface area is 156 Å². The molecule has 3 aromatic rings. The van der Waals surface area contributed by atoms with Gasteiger partial charge in [-0.15, -0.1) is 0 Å². The van der Waals surface area contributed by atoms with Crippen molar-refractivity contribution in [1.82, 2.24) is 0 Å². The van der Waals surface area contributed by atoms with E-state index in [1.54, 1.807) is 66.9 Å². The normalized spacial score (nSPS) is 10.7. The van der Waals surface area contributed by atoms with Gasteiger partial charge in [-0.05, 0) is 79.2 Å². The van der Waals surface area contributed by atoms with Gasteiger partial charge in [-0.2, -0.15) is 0 Å². The number of aliphatic imine (C=N–C) groups is 1. The molecule has 0 N–H and O–H groups in total. The molecule has 0 aliphatic rings. The Kier molecular flexibility index (Phi) is 5.94. The van der Waals surface area contributed by atoms with E-state index in [0.717, 1.165) is 5.56 Å². The van der Waals surface area contributed by atoms with Crippen LogP contribution in [0.2, 0.25) is 0 Å². The molecular weight excluding hydrogens is 345 g/mol. The smallest absolute Gasteiger partial charge is 0.343 e. The number of esters is 1. The lowest BCUT2D eigenvalue weighted by atomic mass is 10.2. The third-order valence-corrected chi connectivity index (χ3v) is 3.66. The predicted octanol–water partition coefficient (Wildman–Crippen LogP) is 5.19. The molecule has 4 nitrogen and oxygen atoms in total. The van der Waals surface area contributed by atoms with E-state index in [0.29, 0.717) is 29.4 Å². The topological polar surface area (TPSA) is 47.9 Å². The quantitative estimate of drug-likeness (QED) is 0.344. The molecule has 3 rings (SSSR count). The first-order valence-corrected chi connectivity index (χ1v) is 8.49. The van der Waals surface area contributed by atoms with Crippen molar-refractivity contribution in [3.8, 4) is 11.5 Å². The summed E-state index contributed by atoms with van der Waals surface area (Å²) in [4.78, 5) is 16.4. The number of carbonyl (C=O) groups excluding carboxylic acids is 1. The highest BCUT2D eigenvalue weighted by atomic mass is 19.1. The Balaban J connectivity index is 1.62. The molecule has 0 bridgehead atoms. The third-order valence-electron chi connectivity index (χ3n) is 3.66. The summed E-state index contributed by atoms with van der Waals surface area (Å²) < 4.78 is 23.8. The summed E-state index contributed by atoms with van der Waals surface area (Å²) in [6.45, 7) is 2.47. The first kappa shape index (κ1) is 18.3. The van der Waals surface area contributed by atoms with Gasteiger partial charge >= 0.3 is 5.97 Å². The molecule has 27 heavy (non-hydrogen) atoms. The lowest BCUT2D eigenvalue weighted by Crippen LogP contribution is -2.08. The Hall–Kier alpha value is -3.47. The van der Waals surface area contributed by atoms with Gasteiger partial charge in [-0.25, -0.2) is 9.18 Å². The van der Waals surface area contributed by atoms with E-state index >= 15 is 0 Å². The van der Waals surface area contributed by atoms with Crippen molar-refractivity contribution >= 4 is 17.9 Å². The van der Waals surface area contributed by atoms with Crippen LogP contribution >= 0.6 is 0 Å². The third kappa shape index (κ3) is 5.25. The Bertz CT molecular complexity index is 935. The van der Waals surface area contributed by atoms with E-state index in [9.17, 15) is 9.18 Å². The molecular formula is C22H18FNO3. The van der Waals surface area contributed by atoms with Crippen LogP contribution < -0.4 is 9.47 Å². The van der Waals surface area contributed by atoms with Crippen LogP contribution in [-0.2, 0) is 0 Å².